The normalized spacial score (nSPS) is 10.9. The summed E-state index contributed by atoms with van der Waals surface area (Å²) >= 11 is 3.16. The van der Waals surface area contributed by atoms with Crippen LogP contribution in [0.15, 0.2) is 12.1 Å². The molecular weight excluding hydrogens is 355 g/mol. The van der Waals surface area contributed by atoms with Gasteiger partial charge >= 0.3 is 12.3 Å². The van der Waals surface area contributed by atoms with Crippen LogP contribution in [0.5, 0.6) is 5.75 Å². The summed E-state index contributed by atoms with van der Waals surface area (Å²) in [5.41, 5.74) is 0.576. The molecule has 0 N–H and O–H groups in total. The monoisotopic (exact) mass is 365 g/mol. The number of hydrogen-bond acceptors (Lipinski definition) is 4. The van der Waals surface area contributed by atoms with Crippen molar-refractivity contribution in [2.24, 2.45) is 0 Å². The van der Waals surface area contributed by atoms with Crippen LogP contribution >= 0.6 is 15.9 Å². The average molecular weight is 366 g/mol. The maximum atomic E-state index is 12.3. The van der Waals surface area contributed by atoms with Crippen molar-refractivity contribution < 1.29 is 27.4 Å². The highest BCUT2D eigenvalue weighted by atomic mass is 79.9. The van der Waals surface area contributed by atoms with Crippen LogP contribution in [0.1, 0.15) is 23.6 Å². The van der Waals surface area contributed by atoms with Gasteiger partial charge in [0.25, 0.3) is 0 Å². The van der Waals surface area contributed by atoms with Gasteiger partial charge in [-0.15, -0.1) is 13.2 Å². The lowest BCUT2D eigenvalue weighted by Gasteiger charge is -2.14. The van der Waals surface area contributed by atoms with Gasteiger partial charge in [0.05, 0.1) is 18.6 Å². The predicted octanol–water partition coefficient (Wildman–Crippen LogP) is 3.46. The van der Waals surface area contributed by atoms with Gasteiger partial charge in [0.1, 0.15) is 11.8 Å². The molecule has 0 heterocycles. The number of benzene rings is 1. The topological polar surface area (TPSA) is 59.3 Å². The van der Waals surface area contributed by atoms with Gasteiger partial charge in [-0.25, -0.2) is 0 Å². The highest BCUT2D eigenvalue weighted by Gasteiger charge is 2.32. The van der Waals surface area contributed by atoms with Crippen molar-refractivity contribution in [3.05, 3.63) is 28.8 Å². The molecule has 0 unspecified atom stereocenters. The summed E-state index contributed by atoms with van der Waals surface area (Å²) in [6, 6.07) is 3.93. The quantitative estimate of drug-likeness (QED) is 0.592. The molecule has 1 aromatic rings. The van der Waals surface area contributed by atoms with E-state index in [1.807, 2.05) is 0 Å². The fourth-order valence-electron chi connectivity index (χ4n) is 1.62. The molecule has 1 rings (SSSR count). The average Bonchev–Trinajstić information content (AvgIpc) is 2.37. The van der Waals surface area contributed by atoms with E-state index in [4.69, 9.17) is 10.00 Å². The lowest BCUT2D eigenvalue weighted by Crippen LogP contribution is -2.18. The van der Waals surface area contributed by atoms with Crippen LogP contribution in [0.2, 0.25) is 0 Å². The van der Waals surface area contributed by atoms with Gasteiger partial charge in [-0.3, -0.25) is 4.79 Å². The van der Waals surface area contributed by atoms with Crippen LogP contribution in [0, 0.1) is 11.3 Å². The van der Waals surface area contributed by atoms with Gasteiger partial charge in [-0.05, 0) is 30.2 Å². The fourth-order valence-corrected chi connectivity index (χ4v) is 2.14. The molecule has 0 bridgehead atoms. The number of nitrogens with zero attached hydrogens (tertiary/aromatic N) is 1. The Hall–Kier alpha value is -1.75. The minimum atomic E-state index is -4.91. The number of nitriles is 1. The fraction of sp³-hybridized carbons (Fsp3) is 0.385. The Morgan fingerprint density at radius 3 is 2.52 bits per heavy atom. The van der Waals surface area contributed by atoms with Crippen molar-refractivity contribution in [3.63, 3.8) is 0 Å². The second kappa shape index (κ2) is 7.31. The zero-order chi connectivity index (χ0) is 16.0. The third-order valence-electron chi connectivity index (χ3n) is 2.43. The molecule has 0 atom stereocenters. The third-order valence-corrected chi connectivity index (χ3v) is 3.04. The van der Waals surface area contributed by atoms with E-state index in [1.54, 1.807) is 13.0 Å². The SMILES string of the molecule is CCOC(=O)Cc1cc(OC(F)(F)F)c(C#N)cc1CBr. The van der Waals surface area contributed by atoms with Crippen molar-refractivity contribution in [2.45, 2.75) is 25.0 Å². The van der Waals surface area contributed by atoms with Crippen molar-refractivity contribution in [3.8, 4) is 11.8 Å². The first-order valence-electron chi connectivity index (χ1n) is 5.84. The van der Waals surface area contributed by atoms with Gasteiger partial charge in [-0.1, -0.05) is 15.9 Å². The summed E-state index contributed by atoms with van der Waals surface area (Å²) in [5.74, 6) is -1.20. The molecule has 0 aliphatic heterocycles. The molecule has 0 spiro atoms. The first-order valence-corrected chi connectivity index (χ1v) is 6.96. The summed E-state index contributed by atoms with van der Waals surface area (Å²) in [5, 5.41) is 9.17. The van der Waals surface area contributed by atoms with E-state index in [0.717, 1.165) is 6.07 Å². The number of alkyl halides is 4. The largest absolute Gasteiger partial charge is 0.573 e. The van der Waals surface area contributed by atoms with E-state index in [-0.39, 0.29) is 23.9 Å². The van der Waals surface area contributed by atoms with Gasteiger partial charge in [-0.2, -0.15) is 5.26 Å². The van der Waals surface area contributed by atoms with Gasteiger partial charge in [0.2, 0.25) is 0 Å². The molecule has 21 heavy (non-hydrogen) atoms. The molecule has 0 saturated carbocycles. The molecule has 4 nitrogen and oxygen atoms in total. The Bertz CT molecular complexity index is 567. The van der Waals surface area contributed by atoms with Gasteiger partial charge in [0.15, 0.2) is 0 Å². The van der Waals surface area contributed by atoms with E-state index < -0.39 is 18.1 Å². The first kappa shape index (κ1) is 17.3. The number of hydrogen-bond donors (Lipinski definition) is 0. The number of halogens is 4. The van der Waals surface area contributed by atoms with E-state index in [9.17, 15) is 18.0 Å². The number of carbonyl (C=O) groups excluding carboxylic acids is 1. The summed E-state index contributed by atoms with van der Waals surface area (Å²) < 4.78 is 45.5. The number of rotatable bonds is 5. The lowest BCUT2D eigenvalue weighted by atomic mass is 10.0. The van der Waals surface area contributed by atoms with Crippen LogP contribution in [-0.4, -0.2) is 18.9 Å². The Kier molecular flexibility index (Phi) is 6.03. The second-order valence-corrected chi connectivity index (χ2v) is 4.45. The predicted molar refractivity (Wildman–Crippen MR) is 70.8 cm³/mol. The first-order chi connectivity index (χ1) is 9.80. The summed E-state index contributed by atoms with van der Waals surface area (Å²) in [7, 11) is 0. The highest BCUT2D eigenvalue weighted by Crippen LogP contribution is 2.30. The Morgan fingerprint density at radius 1 is 1.38 bits per heavy atom. The van der Waals surface area contributed by atoms with Crippen LogP contribution in [-0.2, 0) is 21.3 Å². The molecule has 1 aromatic carbocycles. The highest BCUT2D eigenvalue weighted by molar-refractivity contribution is 9.08. The zero-order valence-electron chi connectivity index (χ0n) is 11.0. The van der Waals surface area contributed by atoms with Crippen molar-refractivity contribution in [2.75, 3.05) is 6.61 Å². The van der Waals surface area contributed by atoms with Gasteiger partial charge in [0, 0.05) is 5.33 Å². The van der Waals surface area contributed by atoms with E-state index in [0.29, 0.717) is 11.1 Å². The van der Waals surface area contributed by atoms with Gasteiger partial charge < -0.3 is 9.47 Å². The van der Waals surface area contributed by atoms with Crippen LogP contribution in [0.4, 0.5) is 13.2 Å². The minimum Gasteiger partial charge on any atom is -0.466 e. The van der Waals surface area contributed by atoms with Crippen molar-refractivity contribution in [1.82, 2.24) is 0 Å². The smallest absolute Gasteiger partial charge is 0.466 e. The summed E-state index contributed by atoms with van der Waals surface area (Å²) in [6.07, 6.45) is -5.11. The molecule has 114 valence electrons. The Morgan fingerprint density at radius 2 is 2.05 bits per heavy atom. The molecule has 0 aliphatic rings. The zero-order valence-corrected chi connectivity index (χ0v) is 12.5. The van der Waals surface area contributed by atoms with E-state index >= 15 is 0 Å². The molecule has 0 radical (unpaired) electrons. The van der Waals surface area contributed by atoms with Crippen LogP contribution < -0.4 is 4.74 Å². The third kappa shape index (κ3) is 5.27. The Labute approximate surface area is 127 Å². The summed E-state index contributed by atoms with van der Waals surface area (Å²) in [4.78, 5) is 11.5. The van der Waals surface area contributed by atoms with Crippen LogP contribution in [0.25, 0.3) is 0 Å². The van der Waals surface area contributed by atoms with Crippen molar-refractivity contribution in [1.29, 1.82) is 5.26 Å². The Balaban J connectivity index is 3.20. The molecular formula is C13H11BrF3NO3. The van der Waals surface area contributed by atoms with E-state index in [1.165, 1.54) is 6.07 Å². The molecule has 0 fully saturated rings. The number of esters is 1. The van der Waals surface area contributed by atoms with Crippen LogP contribution in [0.3, 0.4) is 0 Å². The lowest BCUT2D eigenvalue weighted by molar-refractivity contribution is -0.274. The molecule has 0 aliphatic carbocycles. The molecule has 0 aromatic heterocycles. The number of carbonyl (C=O) groups is 1. The second-order valence-electron chi connectivity index (χ2n) is 3.89. The molecule has 0 amide bonds. The maximum Gasteiger partial charge on any atom is 0.573 e. The van der Waals surface area contributed by atoms with Crippen molar-refractivity contribution >= 4 is 21.9 Å². The summed E-state index contributed by atoms with van der Waals surface area (Å²) in [6.45, 7) is 1.80. The molecule has 8 heteroatoms. The number of ether oxygens (including phenoxy) is 2. The minimum absolute atomic E-state index is 0.171. The van der Waals surface area contributed by atoms with E-state index in [2.05, 4.69) is 20.7 Å². The standard InChI is InChI=1S/C13H11BrF3NO3/c1-2-20-12(19)5-8-4-11(21-13(15,16)17)10(7-18)3-9(8)6-14/h3-4H,2,5-6H2,1H3. The maximum absolute atomic E-state index is 12.3. The molecule has 0 saturated heterocycles.